The Bertz CT molecular complexity index is 1160. The standard InChI is InChI=1S/C29H33NO4S.ClH/c1-3-20-13-14-30(19(20)2)15-16-33-25-10-7-21(8-11-25)28-29(22-5-4-6-23(31)17-22)35-27-18-24(32)9-12-26(27)34-28;/h4-12,17-20,28-29,31-32H,3,13-16H2,1-2H3;1H/t19-,20-,28+,29-;/m1./s1. The lowest BCUT2D eigenvalue weighted by atomic mass is 9.99. The fourth-order valence-corrected chi connectivity index (χ4v) is 6.55. The van der Waals surface area contributed by atoms with Crippen molar-refractivity contribution in [3.8, 4) is 23.0 Å². The van der Waals surface area contributed by atoms with E-state index in [1.54, 1.807) is 36.0 Å². The summed E-state index contributed by atoms with van der Waals surface area (Å²) in [5, 5.41) is 20.0. The van der Waals surface area contributed by atoms with Crippen molar-refractivity contribution in [2.24, 2.45) is 5.92 Å². The van der Waals surface area contributed by atoms with Crippen molar-refractivity contribution in [3.63, 3.8) is 0 Å². The molecule has 0 aromatic heterocycles. The van der Waals surface area contributed by atoms with Gasteiger partial charge in [-0.05, 0) is 79.4 Å². The van der Waals surface area contributed by atoms with Gasteiger partial charge < -0.3 is 19.7 Å². The predicted molar refractivity (Wildman–Crippen MR) is 147 cm³/mol. The number of hydrogen-bond acceptors (Lipinski definition) is 6. The van der Waals surface area contributed by atoms with Crippen LogP contribution in [0.4, 0.5) is 0 Å². The van der Waals surface area contributed by atoms with Crippen molar-refractivity contribution >= 4 is 24.2 Å². The largest absolute Gasteiger partial charge is 0.508 e. The van der Waals surface area contributed by atoms with E-state index in [-0.39, 0.29) is 35.3 Å². The van der Waals surface area contributed by atoms with Crippen LogP contribution in [-0.4, -0.2) is 40.9 Å². The van der Waals surface area contributed by atoms with Gasteiger partial charge in [-0.1, -0.05) is 37.6 Å². The van der Waals surface area contributed by atoms with Gasteiger partial charge in [0.25, 0.3) is 0 Å². The number of fused-ring (bicyclic) bond motifs is 1. The van der Waals surface area contributed by atoms with E-state index in [1.165, 1.54) is 12.8 Å². The third kappa shape index (κ3) is 5.72. The second kappa shape index (κ2) is 11.7. The maximum absolute atomic E-state index is 10.1. The van der Waals surface area contributed by atoms with Gasteiger partial charge in [-0.2, -0.15) is 0 Å². The average molecular weight is 528 g/mol. The van der Waals surface area contributed by atoms with E-state index >= 15 is 0 Å². The van der Waals surface area contributed by atoms with Crippen LogP contribution < -0.4 is 9.47 Å². The first-order valence-electron chi connectivity index (χ1n) is 12.4. The van der Waals surface area contributed by atoms with E-state index in [4.69, 9.17) is 9.47 Å². The maximum atomic E-state index is 10.1. The molecule has 0 bridgehead atoms. The van der Waals surface area contributed by atoms with Gasteiger partial charge in [-0.3, -0.25) is 4.90 Å². The topological polar surface area (TPSA) is 62.2 Å². The molecule has 36 heavy (non-hydrogen) atoms. The molecule has 2 N–H and O–H groups in total. The lowest BCUT2D eigenvalue weighted by Crippen LogP contribution is -2.33. The number of likely N-dealkylation sites (tertiary alicyclic amines) is 1. The highest BCUT2D eigenvalue weighted by molar-refractivity contribution is 7.99. The monoisotopic (exact) mass is 527 g/mol. The first kappa shape index (κ1) is 26.5. The van der Waals surface area contributed by atoms with Gasteiger partial charge in [-0.25, -0.2) is 0 Å². The minimum atomic E-state index is -0.246. The zero-order valence-electron chi connectivity index (χ0n) is 20.7. The molecule has 3 aromatic carbocycles. The smallest absolute Gasteiger partial charge is 0.140 e. The molecule has 0 amide bonds. The van der Waals surface area contributed by atoms with Gasteiger partial charge in [0.1, 0.15) is 35.7 Å². The first-order chi connectivity index (χ1) is 17.0. The number of rotatable bonds is 7. The van der Waals surface area contributed by atoms with E-state index in [2.05, 4.69) is 30.9 Å². The summed E-state index contributed by atoms with van der Waals surface area (Å²) in [6.45, 7) is 7.41. The molecule has 192 valence electrons. The molecule has 5 nitrogen and oxygen atoms in total. The molecule has 4 atom stereocenters. The number of ether oxygens (including phenoxy) is 2. The van der Waals surface area contributed by atoms with E-state index < -0.39 is 0 Å². The molecular weight excluding hydrogens is 494 g/mol. The van der Waals surface area contributed by atoms with E-state index in [1.807, 2.05) is 30.3 Å². The van der Waals surface area contributed by atoms with Gasteiger partial charge in [0, 0.05) is 12.6 Å². The Hall–Kier alpha value is -2.54. The molecule has 0 aliphatic carbocycles. The molecule has 2 aliphatic heterocycles. The highest BCUT2D eigenvalue weighted by Gasteiger charge is 2.34. The number of phenolic OH excluding ortho intramolecular Hbond substituents is 2. The minimum absolute atomic E-state index is 0. The van der Waals surface area contributed by atoms with Crippen molar-refractivity contribution < 1.29 is 19.7 Å². The Morgan fingerprint density at radius 1 is 1.00 bits per heavy atom. The zero-order chi connectivity index (χ0) is 24.4. The molecule has 0 spiro atoms. The fourth-order valence-electron chi connectivity index (χ4n) is 5.24. The Morgan fingerprint density at radius 2 is 1.78 bits per heavy atom. The zero-order valence-corrected chi connectivity index (χ0v) is 22.3. The van der Waals surface area contributed by atoms with Crippen molar-refractivity contribution in [3.05, 3.63) is 77.9 Å². The van der Waals surface area contributed by atoms with Gasteiger partial charge in [0.2, 0.25) is 0 Å². The number of nitrogens with zero attached hydrogens (tertiary/aromatic N) is 1. The molecule has 2 aliphatic rings. The first-order valence-corrected chi connectivity index (χ1v) is 13.3. The van der Waals surface area contributed by atoms with E-state index in [0.717, 1.165) is 46.5 Å². The third-order valence-corrected chi connectivity index (χ3v) is 8.68. The van der Waals surface area contributed by atoms with Gasteiger partial charge >= 0.3 is 0 Å². The number of phenols is 2. The summed E-state index contributed by atoms with van der Waals surface area (Å²) in [5.41, 5.74) is 2.01. The molecule has 1 fully saturated rings. The number of aromatic hydroxyl groups is 2. The van der Waals surface area contributed by atoms with Gasteiger partial charge in [0.05, 0.1) is 10.1 Å². The molecule has 0 unspecified atom stereocenters. The van der Waals surface area contributed by atoms with Crippen LogP contribution in [0.5, 0.6) is 23.0 Å². The van der Waals surface area contributed by atoms with E-state index in [9.17, 15) is 10.2 Å². The number of benzene rings is 3. The Labute approximate surface area is 223 Å². The van der Waals surface area contributed by atoms with Crippen LogP contribution in [0, 0.1) is 5.92 Å². The van der Waals surface area contributed by atoms with Crippen LogP contribution in [-0.2, 0) is 0 Å². The summed E-state index contributed by atoms with van der Waals surface area (Å²) in [7, 11) is 0. The molecule has 2 heterocycles. The number of hydrogen-bond donors (Lipinski definition) is 2. The van der Waals surface area contributed by atoms with Crippen LogP contribution >= 0.6 is 24.2 Å². The van der Waals surface area contributed by atoms with Crippen molar-refractivity contribution in [1.82, 2.24) is 4.90 Å². The summed E-state index contributed by atoms with van der Waals surface area (Å²) in [4.78, 5) is 3.42. The average Bonchev–Trinajstić information content (AvgIpc) is 3.23. The second-order valence-electron chi connectivity index (χ2n) is 9.45. The third-order valence-electron chi connectivity index (χ3n) is 7.33. The highest BCUT2D eigenvalue weighted by Crippen LogP contribution is 2.54. The normalized spacial score (nSPS) is 23.4. The van der Waals surface area contributed by atoms with Gasteiger partial charge in [0.15, 0.2) is 0 Å². The Kier molecular flexibility index (Phi) is 8.60. The summed E-state index contributed by atoms with van der Waals surface area (Å²) >= 11 is 1.64. The maximum Gasteiger partial charge on any atom is 0.140 e. The molecule has 3 aromatic rings. The van der Waals surface area contributed by atoms with Crippen molar-refractivity contribution in [2.75, 3.05) is 19.7 Å². The van der Waals surface area contributed by atoms with Crippen LogP contribution in [0.3, 0.4) is 0 Å². The number of halogens is 1. The van der Waals surface area contributed by atoms with Crippen LogP contribution in [0.25, 0.3) is 0 Å². The molecule has 1 saturated heterocycles. The molecule has 7 heteroatoms. The quantitative estimate of drug-likeness (QED) is 0.345. The predicted octanol–water partition coefficient (Wildman–Crippen LogP) is 6.99. The molecular formula is C29H34ClNO4S. The summed E-state index contributed by atoms with van der Waals surface area (Å²) in [6, 6.07) is 21.3. The molecule has 0 saturated carbocycles. The van der Waals surface area contributed by atoms with Gasteiger partial charge in [-0.15, -0.1) is 24.2 Å². The summed E-state index contributed by atoms with van der Waals surface area (Å²) < 4.78 is 12.5. The summed E-state index contributed by atoms with van der Waals surface area (Å²) in [5.74, 6) is 2.85. The SMILES string of the molecule is CC[C@@H]1CCN(CCOc2ccc([C@@H]3Oc4ccc(O)cc4S[C@@H]3c3cccc(O)c3)cc2)[C@@H]1C.Cl. The minimum Gasteiger partial charge on any atom is -0.508 e. The lowest BCUT2D eigenvalue weighted by molar-refractivity contribution is 0.187. The Balaban J connectivity index is 0.00000304. The van der Waals surface area contributed by atoms with Crippen LogP contribution in [0.15, 0.2) is 71.6 Å². The van der Waals surface area contributed by atoms with E-state index in [0.29, 0.717) is 12.6 Å². The van der Waals surface area contributed by atoms with Crippen LogP contribution in [0.1, 0.15) is 49.2 Å². The molecule has 5 rings (SSSR count). The van der Waals surface area contributed by atoms with Crippen LogP contribution in [0.2, 0.25) is 0 Å². The van der Waals surface area contributed by atoms with Crippen molar-refractivity contribution in [2.45, 2.75) is 49.0 Å². The van der Waals surface area contributed by atoms with Crippen molar-refractivity contribution in [1.29, 1.82) is 0 Å². The number of thioether (sulfide) groups is 1. The fraction of sp³-hybridized carbons (Fsp3) is 0.379. The summed E-state index contributed by atoms with van der Waals surface area (Å²) in [6.07, 6.45) is 2.29. The lowest BCUT2D eigenvalue weighted by Gasteiger charge is -2.34. The second-order valence-corrected chi connectivity index (χ2v) is 10.6. The Morgan fingerprint density at radius 3 is 2.50 bits per heavy atom. The highest BCUT2D eigenvalue weighted by atomic mass is 35.5. The molecule has 0 radical (unpaired) electrons.